The highest BCUT2D eigenvalue weighted by atomic mass is 79.9. The third-order valence-corrected chi connectivity index (χ3v) is 6.67. The van der Waals surface area contributed by atoms with Crippen LogP contribution in [0.25, 0.3) is 0 Å². The zero-order chi connectivity index (χ0) is 17.0. The van der Waals surface area contributed by atoms with Gasteiger partial charge in [0.05, 0.1) is 6.61 Å². The summed E-state index contributed by atoms with van der Waals surface area (Å²) in [5.41, 5.74) is 1.57. The SMILES string of the molecule is CCO[P@@](=O)(c1ccc(N(C)C)cc1)[C@H](O)c1ccc(Br)cc1. The maximum Gasteiger partial charge on any atom is 0.264 e. The minimum absolute atomic E-state index is 0.264. The molecular formula is C17H21BrNO3P. The molecule has 4 nitrogen and oxygen atoms in total. The van der Waals surface area contributed by atoms with Crippen LogP contribution in [-0.4, -0.2) is 25.8 Å². The number of nitrogens with zero attached hydrogens (tertiary/aromatic N) is 1. The summed E-state index contributed by atoms with van der Waals surface area (Å²) in [6, 6.07) is 14.4. The Labute approximate surface area is 145 Å². The lowest BCUT2D eigenvalue weighted by Gasteiger charge is -2.24. The number of aliphatic hydroxyl groups is 1. The second kappa shape index (κ2) is 7.63. The fourth-order valence-electron chi connectivity index (χ4n) is 2.27. The van der Waals surface area contributed by atoms with Crippen molar-refractivity contribution in [3.8, 4) is 0 Å². The van der Waals surface area contributed by atoms with Gasteiger partial charge in [0.2, 0.25) is 0 Å². The van der Waals surface area contributed by atoms with Crippen molar-refractivity contribution in [3.63, 3.8) is 0 Å². The molecule has 0 spiro atoms. The maximum atomic E-state index is 13.4. The fourth-order valence-corrected chi connectivity index (χ4v) is 4.62. The molecule has 0 heterocycles. The van der Waals surface area contributed by atoms with Gasteiger partial charge in [0, 0.05) is 29.6 Å². The van der Waals surface area contributed by atoms with E-state index in [0.717, 1.165) is 10.2 Å². The zero-order valence-corrected chi connectivity index (χ0v) is 15.9. The van der Waals surface area contributed by atoms with E-state index in [1.54, 1.807) is 31.2 Å². The average molecular weight is 398 g/mol. The van der Waals surface area contributed by atoms with Crippen LogP contribution in [0.3, 0.4) is 0 Å². The normalized spacial score (nSPS) is 15.0. The van der Waals surface area contributed by atoms with E-state index in [0.29, 0.717) is 10.9 Å². The van der Waals surface area contributed by atoms with Crippen molar-refractivity contribution >= 4 is 34.3 Å². The Bertz CT molecular complexity index is 686. The van der Waals surface area contributed by atoms with Crippen LogP contribution in [0, 0.1) is 0 Å². The Morgan fingerprint density at radius 3 is 2.17 bits per heavy atom. The van der Waals surface area contributed by atoms with Gasteiger partial charge in [-0.3, -0.25) is 4.57 Å². The molecule has 2 aromatic rings. The predicted octanol–water partition coefficient (Wildman–Crippen LogP) is 4.15. The molecule has 1 N–H and O–H groups in total. The van der Waals surface area contributed by atoms with Gasteiger partial charge < -0.3 is 14.5 Å². The highest BCUT2D eigenvalue weighted by Crippen LogP contribution is 2.57. The predicted molar refractivity (Wildman–Crippen MR) is 98.7 cm³/mol. The first-order chi connectivity index (χ1) is 10.9. The van der Waals surface area contributed by atoms with Crippen LogP contribution in [0.4, 0.5) is 5.69 Å². The molecule has 0 unspecified atom stereocenters. The summed E-state index contributed by atoms with van der Waals surface area (Å²) in [5.74, 6) is -1.19. The molecule has 0 fully saturated rings. The van der Waals surface area contributed by atoms with Gasteiger partial charge in [-0.2, -0.15) is 0 Å². The van der Waals surface area contributed by atoms with Crippen molar-refractivity contribution in [1.29, 1.82) is 0 Å². The Morgan fingerprint density at radius 2 is 1.70 bits per heavy atom. The van der Waals surface area contributed by atoms with Crippen LogP contribution < -0.4 is 10.2 Å². The highest BCUT2D eigenvalue weighted by Gasteiger charge is 2.36. The first kappa shape index (κ1) is 18.2. The highest BCUT2D eigenvalue weighted by molar-refractivity contribution is 9.10. The molecule has 0 aromatic heterocycles. The molecule has 0 amide bonds. The van der Waals surface area contributed by atoms with E-state index in [2.05, 4.69) is 15.9 Å². The lowest BCUT2D eigenvalue weighted by molar-refractivity contribution is 0.218. The largest absolute Gasteiger partial charge is 0.378 e. The Kier molecular flexibility index (Phi) is 6.04. The second-order valence-electron chi connectivity index (χ2n) is 5.35. The molecule has 2 aromatic carbocycles. The first-order valence-corrected chi connectivity index (χ1v) is 9.83. The molecule has 2 rings (SSSR count). The zero-order valence-electron chi connectivity index (χ0n) is 13.4. The quantitative estimate of drug-likeness (QED) is 0.743. The van der Waals surface area contributed by atoms with Gasteiger partial charge in [0.25, 0.3) is 7.37 Å². The summed E-state index contributed by atoms with van der Waals surface area (Å²) in [4.78, 5) is 1.96. The standard InChI is InChI=1S/C17H21BrNO3P/c1-4-22-23(21,16-11-9-15(10-12-16)19(2)3)17(20)13-5-7-14(18)8-6-13/h5-12,17,20H,4H2,1-3H3/t17-,23-/m0/s1. The summed E-state index contributed by atoms with van der Waals surface area (Å²) in [5, 5.41) is 11.2. The fraction of sp³-hybridized carbons (Fsp3) is 0.294. The monoisotopic (exact) mass is 397 g/mol. The van der Waals surface area contributed by atoms with Gasteiger partial charge in [0.1, 0.15) is 0 Å². The van der Waals surface area contributed by atoms with Crippen molar-refractivity contribution in [2.24, 2.45) is 0 Å². The molecule has 0 aliphatic rings. The van der Waals surface area contributed by atoms with E-state index < -0.39 is 13.2 Å². The van der Waals surface area contributed by atoms with Crippen molar-refractivity contribution in [2.45, 2.75) is 12.8 Å². The van der Waals surface area contributed by atoms with Crippen molar-refractivity contribution in [1.82, 2.24) is 0 Å². The van der Waals surface area contributed by atoms with E-state index >= 15 is 0 Å². The summed E-state index contributed by atoms with van der Waals surface area (Å²) in [6.45, 7) is 2.04. The number of benzene rings is 2. The van der Waals surface area contributed by atoms with Gasteiger partial charge in [-0.05, 0) is 48.9 Å². The van der Waals surface area contributed by atoms with E-state index in [1.165, 1.54) is 0 Å². The van der Waals surface area contributed by atoms with Crippen LogP contribution in [0.2, 0.25) is 0 Å². The lowest BCUT2D eigenvalue weighted by atomic mass is 10.2. The Hall–Kier alpha value is -1.13. The summed E-state index contributed by atoms with van der Waals surface area (Å²) in [7, 11) is 0.448. The van der Waals surface area contributed by atoms with Gasteiger partial charge in [-0.15, -0.1) is 0 Å². The van der Waals surface area contributed by atoms with E-state index in [9.17, 15) is 9.67 Å². The maximum absolute atomic E-state index is 13.4. The van der Waals surface area contributed by atoms with Crippen molar-refractivity contribution in [3.05, 3.63) is 58.6 Å². The molecule has 0 saturated heterocycles. The van der Waals surface area contributed by atoms with Crippen LogP contribution in [-0.2, 0) is 9.09 Å². The van der Waals surface area contributed by atoms with Crippen LogP contribution >= 0.6 is 23.3 Å². The van der Waals surface area contributed by atoms with Crippen LogP contribution in [0.5, 0.6) is 0 Å². The number of hydrogen-bond acceptors (Lipinski definition) is 4. The second-order valence-corrected chi connectivity index (χ2v) is 8.72. The van der Waals surface area contributed by atoms with Gasteiger partial charge in [-0.1, -0.05) is 28.1 Å². The molecular weight excluding hydrogens is 377 g/mol. The van der Waals surface area contributed by atoms with E-state index in [1.807, 2.05) is 43.3 Å². The van der Waals surface area contributed by atoms with Crippen LogP contribution in [0.15, 0.2) is 53.0 Å². The molecule has 0 saturated carbocycles. The molecule has 6 heteroatoms. The van der Waals surface area contributed by atoms with Crippen LogP contribution in [0.1, 0.15) is 18.3 Å². The van der Waals surface area contributed by atoms with E-state index in [4.69, 9.17) is 4.52 Å². The summed E-state index contributed by atoms with van der Waals surface area (Å²) >= 11 is 3.36. The molecule has 124 valence electrons. The van der Waals surface area contributed by atoms with Gasteiger partial charge in [-0.25, -0.2) is 0 Å². The Balaban J connectivity index is 2.41. The molecule has 2 atom stereocenters. The molecule has 0 aliphatic carbocycles. The lowest BCUT2D eigenvalue weighted by Crippen LogP contribution is -2.16. The third-order valence-electron chi connectivity index (χ3n) is 3.54. The molecule has 0 radical (unpaired) electrons. The molecule has 23 heavy (non-hydrogen) atoms. The summed E-state index contributed by atoms with van der Waals surface area (Å²) < 4.78 is 19.8. The topological polar surface area (TPSA) is 49.8 Å². The van der Waals surface area contributed by atoms with Crippen molar-refractivity contribution < 1.29 is 14.2 Å². The average Bonchev–Trinajstić information content (AvgIpc) is 2.55. The van der Waals surface area contributed by atoms with Gasteiger partial charge in [0.15, 0.2) is 5.85 Å². The molecule has 0 aliphatic heterocycles. The van der Waals surface area contributed by atoms with E-state index in [-0.39, 0.29) is 6.61 Å². The third kappa shape index (κ3) is 4.04. The number of anilines is 1. The number of rotatable bonds is 6. The van der Waals surface area contributed by atoms with Crippen molar-refractivity contribution in [2.75, 3.05) is 25.6 Å². The molecule has 0 bridgehead atoms. The number of aliphatic hydroxyl groups excluding tert-OH is 1. The number of hydrogen-bond donors (Lipinski definition) is 1. The summed E-state index contributed by atoms with van der Waals surface area (Å²) in [6.07, 6.45) is 0. The smallest absolute Gasteiger partial charge is 0.264 e. The Morgan fingerprint density at radius 1 is 1.13 bits per heavy atom. The minimum Gasteiger partial charge on any atom is -0.378 e. The number of halogens is 1. The van der Waals surface area contributed by atoms with Gasteiger partial charge >= 0.3 is 0 Å². The first-order valence-electron chi connectivity index (χ1n) is 7.34. The minimum atomic E-state index is -3.43.